The first-order valence-electron chi connectivity index (χ1n) is 6.30. The van der Waals surface area contributed by atoms with Crippen LogP contribution in [0.15, 0.2) is 12.2 Å². The minimum absolute atomic E-state index is 0.270. The van der Waals surface area contributed by atoms with Gasteiger partial charge in [-0.15, -0.1) is 0 Å². The second-order valence-corrected chi connectivity index (χ2v) is 6.27. The Hall–Kier alpha value is 0.0100. The molecule has 2 aliphatic carbocycles. The van der Waals surface area contributed by atoms with E-state index in [9.17, 15) is 5.11 Å². The van der Waals surface area contributed by atoms with Crippen LogP contribution in [0.25, 0.3) is 0 Å². The summed E-state index contributed by atoms with van der Waals surface area (Å²) in [5, 5.41) is 13.1. The van der Waals surface area contributed by atoms with Gasteiger partial charge in [0.25, 0.3) is 0 Å². The van der Waals surface area contributed by atoms with Crippen molar-refractivity contribution < 1.29 is 5.11 Å². The zero-order chi connectivity index (χ0) is 11.5. The third-order valence-electron chi connectivity index (χ3n) is 4.16. The van der Waals surface area contributed by atoms with E-state index in [4.69, 9.17) is 0 Å². The van der Waals surface area contributed by atoms with Crippen LogP contribution in [0.5, 0.6) is 0 Å². The summed E-state index contributed by atoms with van der Waals surface area (Å²) >= 11 is 1.75. The molecule has 0 amide bonds. The molecule has 0 aliphatic heterocycles. The number of rotatable bonds is 6. The lowest BCUT2D eigenvalue weighted by atomic mass is 9.93. The molecule has 2 nitrogen and oxygen atoms in total. The molecule has 16 heavy (non-hydrogen) atoms. The molecular formula is C13H23NOS. The van der Waals surface area contributed by atoms with Crippen LogP contribution in [-0.4, -0.2) is 35.8 Å². The van der Waals surface area contributed by atoms with Gasteiger partial charge in [-0.1, -0.05) is 12.2 Å². The number of fused-ring (bicyclic) bond motifs is 2. The molecule has 0 saturated heterocycles. The molecule has 3 heteroatoms. The molecule has 1 fully saturated rings. The van der Waals surface area contributed by atoms with Gasteiger partial charge < -0.3 is 10.4 Å². The summed E-state index contributed by atoms with van der Waals surface area (Å²) in [5.74, 6) is 2.52. The van der Waals surface area contributed by atoms with Crippen molar-refractivity contribution in [3.05, 3.63) is 12.2 Å². The van der Waals surface area contributed by atoms with Gasteiger partial charge in [-0.3, -0.25) is 0 Å². The molecule has 2 N–H and O–H groups in total. The summed E-state index contributed by atoms with van der Waals surface area (Å²) in [4.78, 5) is 0. The fourth-order valence-electron chi connectivity index (χ4n) is 3.03. The van der Waals surface area contributed by atoms with Gasteiger partial charge >= 0.3 is 0 Å². The van der Waals surface area contributed by atoms with Gasteiger partial charge in [-0.05, 0) is 50.3 Å². The summed E-state index contributed by atoms with van der Waals surface area (Å²) in [5.41, 5.74) is 0. The van der Waals surface area contributed by atoms with Gasteiger partial charge in [0.15, 0.2) is 0 Å². The number of hydrogen-bond acceptors (Lipinski definition) is 3. The molecule has 0 aromatic heterocycles. The maximum absolute atomic E-state index is 9.22. The summed E-state index contributed by atoms with van der Waals surface area (Å²) in [6, 6.07) is 0.406. The van der Waals surface area contributed by atoms with Crippen molar-refractivity contribution in [1.29, 1.82) is 0 Å². The Morgan fingerprint density at radius 2 is 2.25 bits per heavy atom. The Bertz CT molecular complexity index is 252. The van der Waals surface area contributed by atoms with Crippen molar-refractivity contribution in [3.63, 3.8) is 0 Å². The Balaban J connectivity index is 1.73. The van der Waals surface area contributed by atoms with Gasteiger partial charge in [0, 0.05) is 11.3 Å². The normalized spacial score (nSPS) is 35.6. The molecule has 0 heterocycles. The van der Waals surface area contributed by atoms with Crippen LogP contribution in [0.3, 0.4) is 0 Å². The predicted octanol–water partition coefficient (Wildman–Crippen LogP) is 1.90. The molecular weight excluding hydrogens is 218 g/mol. The molecule has 92 valence electrons. The molecule has 0 aromatic rings. The highest BCUT2D eigenvalue weighted by Gasteiger charge is 2.35. The van der Waals surface area contributed by atoms with Gasteiger partial charge in [-0.25, -0.2) is 0 Å². The predicted molar refractivity (Wildman–Crippen MR) is 70.7 cm³/mol. The van der Waals surface area contributed by atoms with Crippen LogP contribution in [0.4, 0.5) is 0 Å². The van der Waals surface area contributed by atoms with E-state index in [1.54, 1.807) is 11.8 Å². The first kappa shape index (κ1) is 12.5. The van der Waals surface area contributed by atoms with E-state index in [2.05, 4.69) is 30.6 Å². The largest absolute Gasteiger partial charge is 0.395 e. The van der Waals surface area contributed by atoms with Crippen LogP contribution in [0.1, 0.15) is 19.8 Å². The molecule has 1 saturated carbocycles. The summed E-state index contributed by atoms with van der Waals surface area (Å²) in [6.45, 7) is 3.57. The van der Waals surface area contributed by atoms with E-state index in [0.717, 1.165) is 24.3 Å². The molecule has 5 atom stereocenters. The second kappa shape index (κ2) is 5.56. The maximum Gasteiger partial charge on any atom is 0.0564 e. The Morgan fingerprint density at radius 1 is 1.44 bits per heavy atom. The number of nitrogens with one attached hydrogen (secondary N) is 1. The zero-order valence-corrected chi connectivity index (χ0v) is 11.0. The number of aliphatic hydroxyl groups is 1. The van der Waals surface area contributed by atoms with E-state index >= 15 is 0 Å². The van der Waals surface area contributed by atoms with E-state index in [-0.39, 0.29) is 6.61 Å². The lowest BCUT2D eigenvalue weighted by molar-refractivity contribution is 0.270. The highest BCUT2D eigenvalue weighted by atomic mass is 32.2. The molecule has 2 rings (SSSR count). The van der Waals surface area contributed by atoms with E-state index in [1.165, 1.54) is 12.8 Å². The lowest BCUT2D eigenvalue weighted by Gasteiger charge is -2.25. The molecule has 0 radical (unpaired) electrons. The Labute approximate surface area is 103 Å². The van der Waals surface area contributed by atoms with Crippen LogP contribution >= 0.6 is 11.8 Å². The number of thioether (sulfide) groups is 1. The molecule has 5 unspecified atom stereocenters. The zero-order valence-electron chi connectivity index (χ0n) is 10.2. The van der Waals surface area contributed by atoms with Crippen LogP contribution in [0.2, 0.25) is 0 Å². The average Bonchev–Trinajstić information content (AvgIpc) is 2.89. The molecule has 2 aliphatic rings. The average molecular weight is 241 g/mol. The number of allylic oxidation sites excluding steroid dienone is 2. The topological polar surface area (TPSA) is 32.3 Å². The standard InChI is InChI=1S/C13H23NOS/c1-9(13(8-15)16-2)14-7-12-6-10-3-4-11(12)5-10/h3-4,9-15H,5-8H2,1-2H3. The Kier molecular flexibility index (Phi) is 4.34. The summed E-state index contributed by atoms with van der Waals surface area (Å²) < 4.78 is 0. The minimum Gasteiger partial charge on any atom is -0.395 e. The molecule has 2 bridgehead atoms. The van der Waals surface area contributed by atoms with Gasteiger partial charge in [-0.2, -0.15) is 11.8 Å². The SMILES string of the molecule is CSC(CO)C(C)NCC1CC2C=CC1C2. The molecule has 0 spiro atoms. The van der Waals surface area contributed by atoms with Gasteiger partial charge in [0.2, 0.25) is 0 Å². The maximum atomic E-state index is 9.22. The number of aliphatic hydroxyl groups excluding tert-OH is 1. The summed E-state index contributed by atoms with van der Waals surface area (Å²) in [7, 11) is 0. The fraction of sp³-hybridized carbons (Fsp3) is 0.846. The van der Waals surface area contributed by atoms with Gasteiger partial charge in [0.1, 0.15) is 0 Å². The smallest absolute Gasteiger partial charge is 0.0564 e. The van der Waals surface area contributed by atoms with Crippen molar-refractivity contribution in [2.45, 2.75) is 31.1 Å². The van der Waals surface area contributed by atoms with Crippen molar-refractivity contribution in [2.24, 2.45) is 17.8 Å². The van der Waals surface area contributed by atoms with Crippen LogP contribution in [-0.2, 0) is 0 Å². The van der Waals surface area contributed by atoms with Crippen LogP contribution < -0.4 is 5.32 Å². The van der Waals surface area contributed by atoms with Crippen molar-refractivity contribution >= 4 is 11.8 Å². The second-order valence-electron chi connectivity index (χ2n) is 5.19. The first-order chi connectivity index (χ1) is 7.74. The minimum atomic E-state index is 0.270. The highest BCUT2D eigenvalue weighted by molar-refractivity contribution is 7.99. The third-order valence-corrected chi connectivity index (χ3v) is 5.32. The highest BCUT2D eigenvalue weighted by Crippen LogP contribution is 2.43. The van der Waals surface area contributed by atoms with E-state index < -0.39 is 0 Å². The summed E-state index contributed by atoms with van der Waals surface area (Å²) in [6.07, 6.45) is 9.61. The van der Waals surface area contributed by atoms with Crippen LogP contribution in [0, 0.1) is 17.8 Å². The van der Waals surface area contributed by atoms with Crippen molar-refractivity contribution in [3.8, 4) is 0 Å². The third kappa shape index (κ3) is 2.63. The van der Waals surface area contributed by atoms with Crippen molar-refractivity contribution in [1.82, 2.24) is 5.32 Å². The first-order valence-corrected chi connectivity index (χ1v) is 7.58. The number of hydrogen-bond donors (Lipinski definition) is 2. The van der Waals surface area contributed by atoms with Crippen molar-refractivity contribution in [2.75, 3.05) is 19.4 Å². The quantitative estimate of drug-likeness (QED) is 0.697. The Morgan fingerprint density at radius 3 is 2.75 bits per heavy atom. The molecule has 0 aromatic carbocycles. The van der Waals surface area contributed by atoms with Gasteiger partial charge in [0.05, 0.1) is 6.61 Å². The lowest BCUT2D eigenvalue weighted by Crippen LogP contribution is -2.40. The van der Waals surface area contributed by atoms with E-state index in [1.807, 2.05) is 0 Å². The van der Waals surface area contributed by atoms with E-state index in [0.29, 0.717) is 11.3 Å². The monoisotopic (exact) mass is 241 g/mol. The fourth-order valence-corrected chi connectivity index (χ4v) is 3.69.